The number of carbonyl (C=O) groups is 1. The lowest BCUT2D eigenvalue weighted by Gasteiger charge is -2.04. The van der Waals surface area contributed by atoms with E-state index in [0.717, 1.165) is 12.1 Å². The molecule has 2 aromatic carbocycles. The second-order valence-corrected chi connectivity index (χ2v) is 5.15. The number of nitro benzene ring substituents is 1. The maximum atomic E-state index is 12.9. The molecular weight excluding hydrogens is 345 g/mol. The minimum atomic E-state index is -0.806. The van der Waals surface area contributed by atoms with E-state index in [2.05, 4.69) is 0 Å². The number of hydrogen-bond acceptors (Lipinski definition) is 6. The maximum absolute atomic E-state index is 12.9. The first-order valence-corrected chi connectivity index (χ1v) is 7.38. The quantitative estimate of drug-likeness (QED) is 0.294. The number of furan rings is 1. The van der Waals surface area contributed by atoms with Crippen molar-refractivity contribution in [2.24, 2.45) is 0 Å². The Morgan fingerprint density at radius 1 is 1.08 bits per heavy atom. The number of esters is 1. The predicted octanol–water partition coefficient (Wildman–Crippen LogP) is 4.22. The van der Waals surface area contributed by atoms with Gasteiger partial charge in [-0.15, -0.1) is 0 Å². The summed E-state index contributed by atoms with van der Waals surface area (Å²) < 4.78 is 28.3. The summed E-state index contributed by atoms with van der Waals surface area (Å²) in [5.74, 6) is -0.816. The minimum Gasteiger partial charge on any atom is -0.497 e. The lowest BCUT2D eigenvalue weighted by Crippen LogP contribution is -2.07. The molecule has 0 atom stereocenters. The van der Waals surface area contributed by atoms with Crippen LogP contribution in [0, 0.1) is 15.9 Å². The molecule has 0 saturated heterocycles. The van der Waals surface area contributed by atoms with Gasteiger partial charge in [0, 0.05) is 0 Å². The molecule has 132 valence electrons. The number of rotatable bonds is 5. The van der Waals surface area contributed by atoms with Crippen molar-refractivity contribution in [1.82, 2.24) is 0 Å². The molecule has 1 aromatic heterocycles. The Bertz CT molecular complexity index is 964. The summed E-state index contributed by atoms with van der Waals surface area (Å²) in [6.07, 6.45) is 0. The van der Waals surface area contributed by atoms with Crippen molar-refractivity contribution in [3.63, 3.8) is 0 Å². The van der Waals surface area contributed by atoms with Crippen LogP contribution in [0.2, 0.25) is 0 Å². The first kappa shape index (κ1) is 17.2. The second kappa shape index (κ2) is 7.06. The highest BCUT2D eigenvalue weighted by Gasteiger charge is 2.21. The Labute approximate surface area is 146 Å². The predicted molar refractivity (Wildman–Crippen MR) is 88.7 cm³/mol. The van der Waals surface area contributed by atoms with Crippen molar-refractivity contribution >= 4 is 11.7 Å². The average molecular weight is 357 g/mol. The molecule has 0 saturated carbocycles. The molecule has 3 rings (SSSR count). The molecule has 0 aliphatic heterocycles. The van der Waals surface area contributed by atoms with Gasteiger partial charge in [-0.2, -0.15) is 0 Å². The molecule has 0 spiro atoms. The van der Waals surface area contributed by atoms with Gasteiger partial charge in [-0.3, -0.25) is 10.1 Å². The Balaban J connectivity index is 1.86. The fourth-order valence-corrected chi connectivity index (χ4v) is 2.25. The van der Waals surface area contributed by atoms with Gasteiger partial charge in [-0.25, -0.2) is 9.18 Å². The molecule has 0 N–H and O–H groups in total. The van der Waals surface area contributed by atoms with Crippen molar-refractivity contribution in [2.45, 2.75) is 0 Å². The van der Waals surface area contributed by atoms with Crippen LogP contribution in [0.3, 0.4) is 0 Å². The molecule has 8 heteroatoms. The molecule has 0 aliphatic rings. The van der Waals surface area contributed by atoms with E-state index >= 15 is 0 Å². The van der Waals surface area contributed by atoms with E-state index in [4.69, 9.17) is 13.9 Å². The highest BCUT2D eigenvalue weighted by Crippen LogP contribution is 2.34. The van der Waals surface area contributed by atoms with E-state index in [-0.39, 0.29) is 28.5 Å². The zero-order valence-electron chi connectivity index (χ0n) is 13.5. The molecule has 0 unspecified atom stereocenters. The van der Waals surface area contributed by atoms with Crippen LogP contribution in [0.25, 0.3) is 11.3 Å². The zero-order chi connectivity index (χ0) is 18.7. The van der Waals surface area contributed by atoms with Crippen molar-refractivity contribution in [1.29, 1.82) is 0 Å². The normalized spacial score (nSPS) is 10.4. The lowest BCUT2D eigenvalue weighted by molar-refractivity contribution is -0.384. The van der Waals surface area contributed by atoms with Crippen LogP contribution < -0.4 is 9.47 Å². The van der Waals surface area contributed by atoms with E-state index in [1.807, 2.05) is 0 Å². The van der Waals surface area contributed by atoms with Gasteiger partial charge in [0.1, 0.15) is 23.1 Å². The number of ether oxygens (including phenoxy) is 2. The molecule has 0 aliphatic carbocycles. The third-order valence-electron chi connectivity index (χ3n) is 3.50. The van der Waals surface area contributed by atoms with Gasteiger partial charge < -0.3 is 13.9 Å². The van der Waals surface area contributed by atoms with Gasteiger partial charge in [-0.05, 0) is 48.5 Å². The van der Waals surface area contributed by atoms with E-state index in [1.54, 1.807) is 6.07 Å². The molecule has 0 radical (unpaired) electrons. The number of methoxy groups -OCH3 is 1. The van der Waals surface area contributed by atoms with Gasteiger partial charge in [0.25, 0.3) is 5.69 Å². The van der Waals surface area contributed by atoms with Gasteiger partial charge in [0.15, 0.2) is 0 Å². The van der Waals surface area contributed by atoms with Gasteiger partial charge in [0.05, 0.1) is 23.7 Å². The van der Waals surface area contributed by atoms with Gasteiger partial charge >= 0.3 is 5.97 Å². The minimum absolute atomic E-state index is 0.130. The summed E-state index contributed by atoms with van der Waals surface area (Å²) in [5.41, 5.74) is -0.0335. The summed E-state index contributed by atoms with van der Waals surface area (Å²) in [7, 11) is 1.40. The van der Waals surface area contributed by atoms with Crippen molar-refractivity contribution < 1.29 is 28.0 Å². The highest BCUT2D eigenvalue weighted by molar-refractivity contribution is 5.89. The van der Waals surface area contributed by atoms with E-state index in [0.29, 0.717) is 5.75 Å². The highest BCUT2D eigenvalue weighted by atomic mass is 19.1. The maximum Gasteiger partial charge on any atom is 0.379 e. The molecule has 0 fully saturated rings. The molecule has 7 nitrogen and oxygen atoms in total. The van der Waals surface area contributed by atoms with Crippen LogP contribution in [0.5, 0.6) is 11.5 Å². The van der Waals surface area contributed by atoms with Gasteiger partial charge in [-0.1, -0.05) is 0 Å². The Morgan fingerprint density at radius 2 is 1.77 bits per heavy atom. The lowest BCUT2D eigenvalue weighted by atomic mass is 10.1. The SMILES string of the molecule is COc1ccc(-c2ccc(C(=O)Oc3ccc(F)cc3)o2)c([N+](=O)[O-])c1. The Hall–Kier alpha value is -3.68. The van der Waals surface area contributed by atoms with Crippen LogP contribution in [-0.4, -0.2) is 18.0 Å². The summed E-state index contributed by atoms with van der Waals surface area (Å²) >= 11 is 0. The number of nitrogens with zero attached hydrogens (tertiary/aromatic N) is 1. The molecule has 26 heavy (non-hydrogen) atoms. The zero-order valence-corrected chi connectivity index (χ0v) is 13.5. The third-order valence-corrected chi connectivity index (χ3v) is 3.50. The smallest absolute Gasteiger partial charge is 0.379 e. The fourth-order valence-electron chi connectivity index (χ4n) is 2.25. The summed E-state index contributed by atoms with van der Waals surface area (Å²) in [6.45, 7) is 0. The monoisotopic (exact) mass is 357 g/mol. The fraction of sp³-hybridized carbons (Fsp3) is 0.0556. The number of halogens is 1. The van der Waals surface area contributed by atoms with Crippen LogP contribution in [0.15, 0.2) is 59.0 Å². The Morgan fingerprint density at radius 3 is 2.42 bits per heavy atom. The third kappa shape index (κ3) is 3.54. The van der Waals surface area contributed by atoms with Crippen molar-refractivity contribution in [3.8, 4) is 22.8 Å². The standard InChI is InChI=1S/C18H12FNO6/c1-24-13-6-7-14(15(10-13)20(22)23)16-8-9-17(26-16)18(21)25-12-4-2-11(19)3-5-12/h2-10H,1H3. The van der Waals surface area contributed by atoms with Gasteiger partial charge in [0.2, 0.25) is 5.76 Å². The van der Waals surface area contributed by atoms with Crippen molar-refractivity contribution in [3.05, 3.63) is 76.3 Å². The first-order chi connectivity index (χ1) is 12.5. The van der Waals surface area contributed by atoms with Crippen LogP contribution >= 0.6 is 0 Å². The molecule has 1 heterocycles. The molecule has 3 aromatic rings. The van der Waals surface area contributed by atoms with E-state index < -0.39 is 16.7 Å². The topological polar surface area (TPSA) is 91.8 Å². The number of benzene rings is 2. The van der Waals surface area contributed by atoms with Crippen LogP contribution in [-0.2, 0) is 0 Å². The Kier molecular flexibility index (Phi) is 4.66. The molecular formula is C18H12FNO6. The first-order valence-electron chi connectivity index (χ1n) is 7.38. The number of carbonyl (C=O) groups excluding carboxylic acids is 1. The largest absolute Gasteiger partial charge is 0.497 e. The number of hydrogen-bond donors (Lipinski definition) is 0. The molecule has 0 amide bonds. The van der Waals surface area contributed by atoms with E-state index in [1.165, 1.54) is 43.5 Å². The summed E-state index contributed by atoms with van der Waals surface area (Å²) in [4.78, 5) is 22.8. The van der Waals surface area contributed by atoms with Crippen LogP contribution in [0.1, 0.15) is 10.6 Å². The van der Waals surface area contributed by atoms with Crippen molar-refractivity contribution in [2.75, 3.05) is 7.11 Å². The molecule has 0 bridgehead atoms. The van der Waals surface area contributed by atoms with E-state index in [9.17, 15) is 19.3 Å². The van der Waals surface area contributed by atoms with Crippen LogP contribution in [0.4, 0.5) is 10.1 Å². The number of nitro groups is 1. The second-order valence-electron chi connectivity index (χ2n) is 5.15. The summed E-state index contributed by atoms with van der Waals surface area (Å²) in [6, 6.07) is 11.9. The summed E-state index contributed by atoms with van der Waals surface area (Å²) in [5, 5.41) is 11.3. The average Bonchev–Trinajstić information content (AvgIpc) is 3.13.